The third-order valence-electron chi connectivity index (χ3n) is 8.97. The number of sulfonamides is 1. The second-order valence-electron chi connectivity index (χ2n) is 11.5. The van der Waals surface area contributed by atoms with E-state index in [9.17, 15) is 16.8 Å². The highest BCUT2D eigenvalue weighted by molar-refractivity contribution is 7.89. The lowest BCUT2D eigenvalue weighted by Gasteiger charge is -2.47. The third kappa shape index (κ3) is 5.07. The summed E-state index contributed by atoms with van der Waals surface area (Å²) in [5.74, 6) is -0.963. The molecule has 0 N–H and O–H groups in total. The number of rotatable bonds is 10. The van der Waals surface area contributed by atoms with Crippen LogP contribution < -0.4 is 0 Å². The van der Waals surface area contributed by atoms with Gasteiger partial charge in [0, 0.05) is 24.9 Å². The monoisotopic (exact) mass is 563 g/mol. The van der Waals surface area contributed by atoms with E-state index < -0.39 is 37.4 Å². The summed E-state index contributed by atoms with van der Waals surface area (Å²) >= 11 is 0. The molecule has 5 rings (SSSR count). The first kappa shape index (κ1) is 27.7. The van der Waals surface area contributed by atoms with Gasteiger partial charge in [-0.05, 0) is 35.3 Å². The first-order chi connectivity index (χ1) is 17.9. The predicted molar refractivity (Wildman–Crippen MR) is 144 cm³/mol. The van der Waals surface area contributed by atoms with Crippen molar-refractivity contribution in [2.45, 2.75) is 58.1 Å². The minimum Gasteiger partial charge on any atom is -0.346 e. The molecule has 3 fully saturated rings. The highest BCUT2D eigenvalue weighted by Gasteiger charge is 2.75. The lowest BCUT2D eigenvalue weighted by molar-refractivity contribution is -0.244. The molecular formula is C28H37NO7S2. The fraction of sp³-hybridized carbons (Fsp3) is 0.571. The maximum Gasteiger partial charge on any atom is 0.264 e. The zero-order valence-corrected chi connectivity index (χ0v) is 23.8. The van der Waals surface area contributed by atoms with E-state index in [1.165, 1.54) is 0 Å². The SMILES string of the molecule is CC1(C)[C@H]2CC[C@]1(CS(=O)(=O)N(Cc1ccccc1)Cc1ccccc1)[C@]1(C2)OC[C@@H](COS(C)(=O)=O)O1. The summed E-state index contributed by atoms with van der Waals surface area (Å²) in [6, 6.07) is 19.2. The lowest BCUT2D eigenvalue weighted by atomic mass is 9.68. The second kappa shape index (κ2) is 9.98. The van der Waals surface area contributed by atoms with Crippen molar-refractivity contribution in [1.29, 1.82) is 0 Å². The van der Waals surface area contributed by atoms with E-state index in [-0.39, 0.29) is 43.4 Å². The maximum atomic E-state index is 14.4. The van der Waals surface area contributed by atoms with Crippen LogP contribution in [0.4, 0.5) is 0 Å². The fourth-order valence-electron chi connectivity index (χ4n) is 6.85. The Morgan fingerprint density at radius 3 is 2.05 bits per heavy atom. The van der Waals surface area contributed by atoms with E-state index in [2.05, 4.69) is 13.8 Å². The molecule has 2 aromatic rings. The van der Waals surface area contributed by atoms with E-state index >= 15 is 0 Å². The van der Waals surface area contributed by atoms with Gasteiger partial charge in [-0.25, -0.2) is 8.42 Å². The van der Waals surface area contributed by atoms with E-state index in [0.717, 1.165) is 23.8 Å². The molecule has 0 unspecified atom stereocenters. The number of hydrogen-bond acceptors (Lipinski definition) is 7. The quantitative estimate of drug-likeness (QED) is 0.404. The van der Waals surface area contributed by atoms with E-state index in [1.54, 1.807) is 4.31 Å². The van der Waals surface area contributed by atoms with Crippen molar-refractivity contribution in [3.05, 3.63) is 71.8 Å². The molecule has 4 atom stereocenters. The number of ether oxygens (including phenoxy) is 2. The molecule has 1 saturated heterocycles. The summed E-state index contributed by atoms with van der Waals surface area (Å²) in [6.07, 6.45) is 2.57. The Labute approximate surface area is 226 Å². The molecule has 2 bridgehead atoms. The van der Waals surface area contributed by atoms with Crippen molar-refractivity contribution >= 4 is 20.1 Å². The summed E-state index contributed by atoms with van der Waals surface area (Å²) in [6.45, 7) is 4.79. The minimum atomic E-state index is -3.79. The van der Waals surface area contributed by atoms with Crippen molar-refractivity contribution in [2.24, 2.45) is 16.7 Å². The van der Waals surface area contributed by atoms with Gasteiger partial charge in [0.25, 0.3) is 10.1 Å². The molecule has 38 heavy (non-hydrogen) atoms. The number of fused-ring (bicyclic) bond motifs is 3. The van der Waals surface area contributed by atoms with Crippen LogP contribution in [-0.2, 0) is 46.9 Å². The van der Waals surface area contributed by atoms with Crippen LogP contribution in [0.3, 0.4) is 0 Å². The summed E-state index contributed by atoms with van der Waals surface area (Å²) in [5.41, 5.74) is 0.702. The molecule has 1 spiro atoms. The third-order valence-corrected chi connectivity index (χ3v) is 11.4. The first-order valence-electron chi connectivity index (χ1n) is 13.1. The van der Waals surface area contributed by atoms with Crippen LogP contribution >= 0.6 is 0 Å². The highest BCUT2D eigenvalue weighted by atomic mass is 32.2. The van der Waals surface area contributed by atoms with E-state index in [1.807, 2.05) is 60.7 Å². The van der Waals surface area contributed by atoms with Crippen LogP contribution in [0.15, 0.2) is 60.7 Å². The van der Waals surface area contributed by atoms with Gasteiger partial charge in [-0.1, -0.05) is 74.5 Å². The smallest absolute Gasteiger partial charge is 0.264 e. The number of hydrogen-bond donors (Lipinski definition) is 0. The van der Waals surface area contributed by atoms with Gasteiger partial charge < -0.3 is 9.47 Å². The molecule has 1 aliphatic heterocycles. The Kier molecular flexibility index (Phi) is 7.28. The van der Waals surface area contributed by atoms with Gasteiger partial charge in [-0.15, -0.1) is 0 Å². The zero-order chi connectivity index (χ0) is 27.2. The Morgan fingerprint density at radius 2 is 1.53 bits per heavy atom. The average molecular weight is 564 g/mol. The molecule has 8 nitrogen and oxygen atoms in total. The minimum absolute atomic E-state index is 0.108. The van der Waals surface area contributed by atoms with Crippen molar-refractivity contribution < 1.29 is 30.5 Å². The fourth-order valence-corrected chi connectivity index (χ4v) is 9.49. The van der Waals surface area contributed by atoms with Crippen LogP contribution in [0.2, 0.25) is 0 Å². The van der Waals surface area contributed by atoms with Crippen molar-refractivity contribution in [3.8, 4) is 0 Å². The Morgan fingerprint density at radius 1 is 0.947 bits per heavy atom. The van der Waals surface area contributed by atoms with Crippen LogP contribution in [0.1, 0.15) is 44.2 Å². The predicted octanol–water partition coefficient (Wildman–Crippen LogP) is 3.93. The maximum absolute atomic E-state index is 14.4. The standard InChI is InChI=1S/C28H37NO7S2/c1-26(2)24-14-15-27(26,28(16-24)34-19-25(36-28)20-35-37(3,30)31)21-38(32,33)29(17-22-10-6-4-7-11-22)18-23-12-8-5-9-13-23/h4-13,24-25H,14-21H2,1-3H3/t24-,25-,27+,28+/m0/s1. The van der Waals surface area contributed by atoms with Crippen LogP contribution in [0.5, 0.6) is 0 Å². The topological polar surface area (TPSA) is 99.2 Å². The van der Waals surface area contributed by atoms with Crippen LogP contribution in [0, 0.1) is 16.7 Å². The molecule has 2 aromatic carbocycles. The first-order valence-corrected chi connectivity index (χ1v) is 16.5. The largest absolute Gasteiger partial charge is 0.346 e. The van der Waals surface area contributed by atoms with E-state index in [0.29, 0.717) is 12.8 Å². The molecule has 208 valence electrons. The average Bonchev–Trinajstić information content (AvgIpc) is 3.43. The van der Waals surface area contributed by atoms with Gasteiger partial charge >= 0.3 is 0 Å². The molecule has 2 saturated carbocycles. The molecule has 1 heterocycles. The molecule has 10 heteroatoms. The summed E-state index contributed by atoms with van der Waals surface area (Å²) in [4.78, 5) is 0. The summed E-state index contributed by atoms with van der Waals surface area (Å²) < 4.78 is 71.2. The number of nitrogens with zero attached hydrogens (tertiary/aromatic N) is 1. The van der Waals surface area contributed by atoms with Gasteiger partial charge in [0.1, 0.15) is 6.10 Å². The van der Waals surface area contributed by atoms with E-state index in [4.69, 9.17) is 13.7 Å². The summed E-state index contributed by atoms with van der Waals surface area (Å²) in [5, 5.41) is 0. The normalized spacial score (nSPS) is 30.4. The zero-order valence-electron chi connectivity index (χ0n) is 22.2. The molecule has 2 aliphatic carbocycles. The second-order valence-corrected chi connectivity index (χ2v) is 15.1. The molecule has 3 aliphatic rings. The van der Waals surface area contributed by atoms with Crippen molar-refractivity contribution in [3.63, 3.8) is 0 Å². The molecule has 0 aromatic heterocycles. The van der Waals surface area contributed by atoms with Gasteiger partial charge in [0.05, 0.1) is 25.2 Å². The van der Waals surface area contributed by atoms with Crippen molar-refractivity contribution in [1.82, 2.24) is 4.31 Å². The Balaban J connectivity index is 1.46. The van der Waals surface area contributed by atoms with Crippen molar-refractivity contribution in [2.75, 3.05) is 25.2 Å². The van der Waals surface area contributed by atoms with Crippen LogP contribution in [0.25, 0.3) is 0 Å². The van der Waals surface area contributed by atoms with Crippen LogP contribution in [-0.4, -0.2) is 58.3 Å². The Hall–Kier alpha value is -1.82. The summed E-state index contributed by atoms with van der Waals surface area (Å²) in [7, 11) is -7.42. The lowest BCUT2D eigenvalue weighted by Crippen LogP contribution is -2.56. The Bertz CT molecular complexity index is 1310. The molecule has 0 radical (unpaired) electrons. The van der Waals surface area contributed by atoms with Gasteiger partial charge in [0.15, 0.2) is 5.79 Å². The molecule has 0 amide bonds. The molecular weight excluding hydrogens is 526 g/mol. The highest BCUT2D eigenvalue weighted by Crippen LogP contribution is 2.72. The van der Waals surface area contributed by atoms with Gasteiger partial charge in [-0.3, -0.25) is 4.18 Å². The van der Waals surface area contributed by atoms with Gasteiger partial charge in [-0.2, -0.15) is 12.7 Å². The number of benzene rings is 2. The van der Waals surface area contributed by atoms with Gasteiger partial charge in [0.2, 0.25) is 10.0 Å².